The van der Waals surface area contributed by atoms with Crippen molar-refractivity contribution < 1.29 is 4.74 Å². The summed E-state index contributed by atoms with van der Waals surface area (Å²) in [6, 6.07) is 3.10. The van der Waals surface area contributed by atoms with Gasteiger partial charge in [0.25, 0.3) is 0 Å². The monoisotopic (exact) mass is 219 g/mol. The molecule has 1 aromatic rings. The van der Waals surface area contributed by atoms with E-state index in [1.807, 2.05) is 0 Å². The highest BCUT2D eigenvalue weighted by Crippen LogP contribution is 2.39. The quantitative estimate of drug-likeness (QED) is 0.825. The highest BCUT2D eigenvalue weighted by Gasteiger charge is 2.28. The predicted octanol–water partition coefficient (Wildman–Crippen LogP) is 3.04. The van der Waals surface area contributed by atoms with E-state index in [2.05, 4.69) is 46.0 Å². The van der Waals surface area contributed by atoms with E-state index < -0.39 is 0 Å². The van der Waals surface area contributed by atoms with Crippen LogP contribution in [0.15, 0.2) is 6.07 Å². The lowest BCUT2D eigenvalue weighted by molar-refractivity contribution is 0.301. The highest BCUT2D eigenvalue weighted by molar-refractivity contribution is 5.53. The van der Waals surface area contributed by atoms with Crippen LogP contribution in [0.25, 0.3) is 0 Å². The number of benzene rings is 1. The molecule has 0 saturated carbocycles. The largest absolute Gasteiger partial charge is 0.491 e. The van der Waals surface area contributed by atoms with Gasteiger partial charge in [0.2, 0.25) is 0 Å². The molecule has 0 bridgehead atoms. The normalized spacial score (nSPS) is 18.8. The van der Waals surface area contributed by atoms with Gasteiger partial charge in [0.05, 0.1) is 6.04 Å². The first-order valence-electron chi connectivity index (χ1n) is 6.00. The van der Waals surface area contributed by atoms with Crippen LogP contribution in [0.2, 0.25) is 0 Å². The molecule has 1 aliphatic heterocycles. The first-order chi connectivity index (χ1) is 7.50. The van der Waals surface area contributed by atoms with Crippen molar-refractivity contribution in [3.63, 3.8) is 0 Å². The molecule has 0 radical (unpaired) electrons. The predicted molar refractivity (Wildman–Crippen MR) is 67.2 cm³/mol. The number of hydrogen-bond donors (Lipinski definition) is 1. The molecule has 0 saturated heterocycles. The van der Waals surface area contributed by atoms with Gasteiger partial charge in [0.1, 0.15) is 12.4 Å². The van der Waals surface area contributed by atoms with Crippen LogP contribution in [0, 0.1) is 20.8 Å². The fraction of sp³-hybridized carbons (Fsp3) is 0.571. The van der Waals surface area contributed by atoms with Crippen molar-refractivity contribution in [3.8, 4) is 5.75 Å². The number of aryl methyl sites for hydroxylation is 2. The second-order valence-electron chi connectivity index (χ2n) is 5.06. The minimum Gasteiger partial charge on any atom is -0.491 e. The zero-order valence-corrected chi connectivity index (χ0v) is 10.8. The van der Waals surface area contributed by atoms with Gasteiger partial charge < -0.3 is 10.1 Å². The summed E-state index contributed by atoms with van der Waals surface area (Å²) in [5.41, 5.74) is 5.31. The molecule has 88 valence electrons. The summed E-state index contributed by atoms with van der Waals surface area (Å²) in [7, 11) is 0. The van der Waals surface area contributed by atoms with E-state index in [1.165, 1.54) is 22.3 Å². The summed E-state index contributed by atoms with van der Waals surface area (Å²) in [5.74, 6) is 1.11. The second-order valence-corrected chi connectivity index (χ2v) is 5.06. The topological polar surface area (TPSA) is 21.3 Å². The Bertz CT molecular complexity index is 410. The Balaban J connectivity index is 2.43. The zero-order chi connectivity index (χ0) is 11.9. The smallest absolute Gasteiger partial charge is 0.127 e. The van der Waals surface area contributed by atoms with Crippen molar-refractivity contribution in [1.29, 1.82) is 0 Å². The van der Waals surface area contributed by atoms with Gasteiger partial charge in [0, 0.05) is 11.6 Å². The maximum atomic E-state index is 5.84. The van der Waals surface area contributed by atoms with Gasteiger partial charge in [-0.2, -0.15) is 0 Å². The molecule has 1 heterocycles. The Kier molecular flexibility index (Phi) is 2.94. The molecule has 1 aromatic carbocycles. The van der Waals surface area contributed by atoms with Crippen LogP contribution in [0.3, 0.4) is 0 Å². The first kappa shape index (κ1) is 11.5. The fourth-order valence-corrected chi connectivity index (χ4v) is 2.47. The van der Waals surface area contributed by atoms with Crippen molar-refractivity contribution in [2.75, 3.05) is 6.61 Å². The van der Waals surface area contributed by atoms with Gasteiger partial charge in [-0.3, -0.25) is 0 Å². The van der Waals surface area contributed by atoms with E-state index in [4.69, 9.17) is 4.74 Å². The summed E-state index contributed by atoms with van der Waals surface area (Å²) < 4.78 is 5.84. The van der Waals surface area contributed by atoms with Gasteiger partial charge in [-0.05, 0) is 37.5 Å². The molecule has 1 aliphatic rings. The average Bonchev–Trinajstić information content (AvgIpc) is 2.58. The third-order valence-electron chi connectivity index (χ3n) is 3.31. The Hall–Kier alpha value is -1.02. The van der Waals surface area contributed by atoms with Crippen LogP contribution in [0.1, 0.15) is 42.1 Å². The van der Waals surface area contributed by atoms with Crippen LogP contribution < -0.4 is 10.1 Å². The van der Waals surface area contributed by atoms with Crippen molar-refractivity contribution >= 4 is 0 Å². The number of ether oxygens (including phenoxy) is 1. The first-order valence-corrected chi connectivity index (χ1v) is 6.00. The molecule has 2 nitrogen and oxygen atoms in total. The van der Waals surface area contributed by atoms with Crippen molar-refractivity contribution in [3.05, 3.63) is 28.3 Å². The Morgan fingerprint density at radius 1 is 1.25 bits per heavy atom. The van der Waals surface area contributed by atoms with Crippen molar-refractivity contribution in [2.24, 2.45) is 0 Å². The van der Waals surface area contributed by atoms with Crippen LogP contribution >= 0.6 is 0 Å². The molecule has 0 aromatic heterocycles. The Labute approximate surface area is 98.0 Å². The zero-order valence-electron chi connectivity index (χ0n) is 10.8. The third kappa shape index (κ3) is 1.82. The molecule has 0 fully saturated rings. The van der Waals surface area contributed by atoms with E-state index in [0.29, 0.717) is 12.1 Å². The lowest BCUT2D eigenvalue weighted by Crippen LogP contribution is -2.29. The SMILES string of the molecule is Cc1cc(C)c2c(c1C)OCC2NC(C)C. The summed E-state index contributed by atoms with van der Waals surface area (Å²) in [6.45, 7) is 11.6. The van der Waals surface area contributed by atoms with Gasteiger partial charge in [-0.1, -0.05) is 19.9 Å². The molecule has 1 N–H and O–H groups in total. The van der Waals surface area contributed by atoms with Gasteiger partial charge in [-0.15, -0.1) is 0 Å². The van der Waals surface area contributed by atoms with Crippen LogP contribution in [-0.4, -0.2) is 12.6 Å². The standard InChI is InChI=1S/C14H21NO/c1-8(2)15-12-7-16-14-11(5)9(3)6-10(4)13(12)14/h6,8,12,15H,7H2,1-5H3. The minimum atomic E-state index is 0.356. The number of nitrogens with one attached hydrogen (secondary N) is 1. The molecular formula is C14H21NO. The van der Waals surface area contributed by atoms with Crippen molar-refractivity contribution in [2.45, 2.75) is 46.7 Å². The molecule has 0 aliphatic carbocycles. The van der Waals surface area contributed by atoms with E-state index in [1.54, 1.807) is 0 Å². The molecule has 1 unspecified atom stereocenters. The minimum absolute atomic E-state index is 0.356. The lowest BCUT2D eigenvalue weighted by Gasteiger charge is -2.17. The average molecular weight is 219 g/mol. The molecule has 0 spiro atoms. The van der Waals surface area contributed by atoms with E-state index in [-0.39, 0.29) is 0 Å². The molecule has 1 atom stereocenters. The van der Waals surface area contributed by atoms with Crippen LogP contribution in [0.4, 0.5) is 0 Å². The van der Waals surface area contributed by atoms with E-state index in [0.717, 1.165) is 12.4 Å². The van der Waals surface area contributed by atoms with Gasteiger partial charge in [-0.25, -0.2) is 0 Å². The van der Waals surface area contributed by atoms with Crippen LogP contribution in [0.5, 0.6) is 5.75 Å². The fourth-order valence-electron chi connectivity index (χ4n) is 2.47. The maximum absolute atomic E-state index is 5.84. The summed E-state index contributed by atoms with van der Waals surface area (Å²) >= 11 is 0. The summed E-state index contributed by atoms with van der Waals surface area (Å²) in [5, 5.41) is 3.56. The van der Waals surface area contributed by atoms with Gasteiger partial charge in [0.15, 0.2) is 0 Å². The summed E-state index contributed by atoms with van der Waals surface area (Å²) in [6.07, 6.45) is 0. The van der Waals surface area contributed by atoms with Gasteiger partial charge >= 0.3 is 0 Å². The highest BCUT2D eigenvalue weighted by atomic mass is 16.5. The van der Waals surface area contributed by atoms with E-state index >= 15 is 0 Å². The summed E-state index contributed by atoms with van der Waals surface area (Å²) in [4.78, 5) is 0. The number of rotatable bonds is 2. The number of fused-ring (bicyclic) bond motifs is 1. The molecule has 2 rings (SSSR count). The van der Waals surface area contributed by atoms with Crippen LogP contribution in [-0.2, 0) is 0 Å². The van der Waals surface area contributed by atoms with E-state index in [9.17, 15) is 0 Å². The second kappa shape index (κ2) is 4.10. The molecule has 16 heavy (non-hydrogen) atoms. The van der Waals surface area contributed by atoms with Crippen molar-refractivity contribution in [1.82, 2.24) is 5.32 Å². The third-order valence-corrected chi connectivity index (χ3v) is 3.31. The Morgan fingerprint density at radius 2 is 1.94 bits per heavy atom. The maximum Gasteiger partial charge on any atom is 0.127 e. The number of hydrogen-bond acceptors (Lipinski definition) is 2. The Morgan fingerprint density at radius 3 is 2.56 bits per heavy atom. The lowest BCUT2D eigenvalue weighted by atomic mass is 9.96. The molecular weight excluding hydrogens is 198 g/mol. The molecule has 0 amide bonds. The molecule has 2 heteroatoms.